The van der Waals surface area contributed by atoms with Crippen molar-refractivity contribution >= 4 is 43.6 Å². The maximum absolute atomic E-state index is 6.68. The van der Waals surface area contributed by atoms with Gasteiger partial charge in [-0.05, 0) is 90.3 Å². The monoisotopic (exact) mass is 714 g/mol. The van der Waals surface area contributed by atoms with Crippen LogP contribution in [0.25, 0.3) is 66.6 Å². The van der Waals surface area contributed by atoms with E-state index in [1.165, 1.54) is 5.56 Å². The number of nitrogens with zero attached hydrogens (tertiary/aromatic N) is 6. The third-order valence-corrected chi connectivity index (χ3v) is 10.0. The topological polar surface area (TPSA) is 79.9 Å². The molecule has 0 bridgehead atoms. The lowest BCUT2D eigenvalue weighted by molar-refractivity contribution is 0.461. The average Bonchev–Trinajstić information content (AvgIpc) is 3.73. The fourth-order valence-corrected chi connectivity index (χ4v) is 7.46. The Balaban J connectivity index is 1.07. The highest BCUT2D eigenvalue weighted by Gasteiger charge is 2.17. The third-order valence-electron chi connectivity index (χ3n) is 10.0. The van der Waals surface area contributed by atoms with Crippen LogP contribution in [0.3, 0.4) is 0 Å². The molecular formula is C47H34N6O2. The Hall–Kier alpha value is -7.32. The normalized spacial score (nSPS) is 11.6. The second kappa shape index (κ2) is 13.3. The number of fused-ring (bicyclic) bond motifs is 6. The molecule has 5 aromatic heterocycles. The van der Waals surface area contributed by atoms with E-state index in [9.17, 15) is 0 Å². The van der Waals surface area contributed by atoms with E-state index in [4.69, 9.17) is 14.5 Å². The second-order valence-electron chi connectivity index (χ2n) is 13.8. The summed E-state index contributed by atoms with van der Waals surface area (Å²) in [5, 5.41) is 4.53. The highest BCUT2D eigenvalue weighted by Crippen LogP contribution is 2.39. The zero-order chi connectivity index (χ0) is 36.9. The van der Waals surface area contributed by atoms with Crippen LogP contribution in [0.15, 0.2) is 164 Å². The van der Waals surface area contributed by atoms with Crippen LogP contribution in [-0.4, -0.2) is 29.1 Å². The van der Waals surface area contributed by atoms with Crippen molar-refractivity contribution in [1.29, 1.82) is 0 Å². The molecule has 0 aliphatic carbocycles. The Morgan fingerprint density at radius 3 is 1.56 bits per heavy atom. The maximum Gasteiger partial charge on any atom is 0.159 e. The number of benzene rings is 5. The van der Waals surface area contributed by atoms with Crippen molar-refractivity contribution in [2.45, 2.75) is 19.8 Å². The van der Waals surface area contributed by atoms with Gasteiger partial charge in [-0.2, -0.15) is 0 Å². The lowest BCUT2D eigenvalue weighted by Gasteiger charge is -2.13. The Labute approximate surface area is 316 Å². The highest BCUT2D eigenvalue weighted by molar-refractivity contribution is 6.10. The Bertz CT molecular complexity index is 3030. The third kappa shape index (κ3) is 5.81. The zero-order valence-corrected chi connectivity index (χ0v) is 30.2. The highest BCUT2D eigenvalue weighted by atomic mass is 16.5. The number of aromatic nitrogens is 6. The molecule has 0 unspecified atom stereocenters. The lowest BCUT2D eigenvalue weighted by Crippen LogP contribution is -1.99. The average molecular weight is 715 g/mol. The fourth-order valence-electron chi connectivity index (χ4n) is 7.46. The van der Waals surface area contributed by atoms with Crippen LogP contribution in [0.5, 0.6) is 23.0 Å². The molecular weight excluding hydrogens is 681 g/mol. The first-order valence-corrected chi connectivity index (χ1v) is 18.3. The first-order chi connectivity index (χ1) is 27.1. The number of para-hydroxylation sites is 2. The van der Waals surface area contributed by atoms with Crippen LogP contribution in [0.2, 0.25) is 0 Å². The summed E-state index contributed by atoms with van der Waals surface area (Å²) in [4.78, 5) is 18.6. The molecule has 0 fully saturated rings. The molecule has 5 aromatic carbocycles. The standard InChI is InChI=1S/C47H34N6O2/c1-30(2)31-19-23-49-46(26-31)53-42-13-6-4-11-38(42)40-18-16-34(29-44(40)53)55-36-25-32(47-50-21-9-22-51-47)24-35(27-36)54-33-15-17-39-37-10-3-5-12-41(37)52(43(39)28-33)45-14-7-8-20-48-45/h3-30H,1-2H3. The molecule has 0 radical (unpaired) electrons. The second-order valence-corrected chi connectivity index (χ2v) is 13.8. The van der Waals surface area contributed by atoms with Gasteiger partial charge in [-0.3, -0.25) is 9.13 Å². The predicted molar refractivity (Wildman–Crippen MR) is 219 cm³/mol. The van der Waals surface area contributed by atoms with Gasteiger partial charge in [0.25, 0.3) is 0 Å². The van der Waals surface area contributed by atoms with Gasteiger partial charge >= 0.3 is 0 Å². The Kier molecular flexibility index (Phi) is 7.80. The Morgan fingerprint density at radius 2 is 0.964 bits per heavy atom. The van der Waals surface area contributed by atoms with E-state index in [1.807, 2.05) is 60.9 Å². The summed E-state index contributed by atoms with van der Waals surface area (Å²) in [6.07, 6.45) is 7.17. The van der Waals surface area contributed by atoms with E-state index in [2.05, 4.69) is 123 Å². The van der Waals surface area contributed by atoms with E-state index in [1.54, 1.807) is 18.5 Å². The fraction of sp³-hybridized carbons (Fsp3) is 0.0638. The summed E-state index contributed by atoms with van der Waals surface area (Å²) in [5.74, 6) is 5.17. The van der Waals surface area contributed by atoms with Crippen molar-refractivity contribution in [3.05, 3.63) is 170 Å². The molecule has 0 atom stereocenters. The van der Waals surface area contributed by atoms with Gasteiger partial charge in [0, 0.05) is 70.1 Å². The van der Waals surface area contributed by atoms with Crippen LogP contribution in [0.4, 0.5) is 0 Å². The van der Waals surface area contributed by atoms with Gasteiger partial charge in [0.1, 0.15) is 34.6 Å². The zero-order valence-electron chi connectivity index (χ0n) is 30.2. The van der Waals surface area contributed by atoms with Crippen LogP contribution >= 0.6 is 0 Å². The van der Waals surface area contributed by atoms with Crippen molar-refractivity contribution in [2.24, 2.45) is 0 Å². The number of pyridine rings is 2. The van der Waals surface area contributed by atoms with Crippen molar-refractivity contribution in [1.82, 2.24) is 29.1 Å². The SMILES string of the molecule is CC(C)c1ccnc(-n2c3ccccc3c3ccc(Oc4cc(Oc5ccc6c7ccccc7n(-c7ccccn7)c6c5)cc(-c5ncccn5)c4)cc32)c1. The number of hydrogen-bond donors (Lipinski definition) is 0. The van der Waals surface area contributed by atoms with Crippen molar-refractivity contribution in [3.63, 3.8) is 0 Å². The molecule has 0 saturated carbocycles. The van der Waals surface area contributed by atoms with Crippen molar-refractivity contribution < 1.29 is 9.47 Å². The molecule has 0 aliphatic heterocycles. The molecule has 0 N–H and O–H groups in total. The van der Waals surface area contributed by atoms with Gasteiger partial charge in [0.05, 0.1) is 22.1 Å². The summed E-state index contributed by atoms with van der Waals surface area (Å²) in [6.45, 7) is 4.40. The molecule has 5 heterocycles. The van der Waals surface area contributed by atoms with Gasteiger partial charge in [0.15, 0.2) is 5.82 Å². The van der Waals surface area contributed by atoms with Crippen molar-refractivity contribution in [3.8, 4) is 46.0 Å². The van der Waals surface area contributed by atoms with Crippen LogP contribution in [0, 0.1) is 0 Å². The predicted octanol–water partition coefficient (Wildman–Crippen LogP) is 11.8. The van der Waals surface area contributed by atoms with Gasteiger partial charge in [-0.15, -0.1) is 0 Å². The molecule has 8 nitrogen and oxygen atoms in total. The summed E-state index contributed by atoms with van der Waals surface area (Å²) < 4.78 is 17.7. The van der Waals surface area contributed by atoms with Crippen LogP contribution < -0.4 is 9.47 Å². The minimum Gasteiger partial charge on any atom is -0.457 e. The number of hydrogen-bond acceptors (Lipinski definition) is 6. The molecule has 0 spiro atoms. The number of ether oxygens (including phenoxy) is 2. The molecule has 55 heavy (non-hydrogen) atoms. The molecule has 0 amide bonds. The maximum atomic E-state index is 6.68. The van der Waals surface area contributed by atoms with E-state index in [0.29, 0.717) is 34.7 Å². The minimum absolute atomic E-state index is 0.374. The van der Waals surface area contributed by atoms with Gasteiger partial charge in [-0.1, -0.05) is 56.3 Å². The molecule has 10 rings (SSSR count). The molecule has 10 aromatic rings. The van der Waals surface area contributed by atoms with Crippen LogP contribution in [0.1, 0.15) is 25.3 Å². The molecule has 0 saturated heterocycles. The summed E-state index contributed by atoms with van der Waals surface area (Å²) in [5.41, 5.74) is 6.15. The van der Waals surface area contributed by atoms with Gasteiger partial charge in [0.2, 0.25) is 0 Å². The van der Waals surface area contributed by atoms with Crippen molar-refractivity contribution in [2.75, 3.05) is 0 Å². The summed E-state index contributed by atoms with van der Waals surface area (Å²) >= 11 is 0. The smallest absolute Gasteiger partial charge is 0.159 e. The van der Waals surface area contributed by atoms with E-state index < -0.39 is 0 Å². The quantitative estimate of drug-likeness (QED) is 0.156. The first-order valence-electron chi connectivity index (χ1n) is 18.3. The van der Waals surface area contributed by atoms with E-state index in [-0.39, 0.29) is 0 Å². The lowest BCUT2D eigenvalue weighted by atomic mass is 10.1. The van der Waals surface area contributed by atoms with Gasteiger partial charge < -0.3 is 9.47 Å². The minimum atomic E-state index is 0.374. The largest absolute Gasteiger partial charge is 0.457 e. The number of rotatable bonds is 8. The first kappa shape index (κ1) is 32.3. The summed E-state index contributed by atoms with van der Waals surface area (Å²) in [6, 6.07) is 47.0. The molecule has 8 heteroatoms. The van der Waals surface area contributed by atoms with E-state index in [0.717, 1.165) is 60.8 Å². The van der Waals surface area contributed by atoms with Crippen LogP contribution in [-0.2, 0) is 0 Å². The van der Waals surface area contributed by atoms with E-state index >= 15 is 0 Å². The molecule has 0 aliphatic rings. The summed E-state index contributed by atoms with van der Waals surface area (Å²) in [7, 11) is 0. The van der Waals surface area contributed by atoms with Gasteiger partial charge in [-0.25, -0.2) is 19.9 Å². The Morgan fingerprint density at radius 1 is 0.418 bits per heavy atom. The molecule has 264 valence electrons.